The maximum Gasteiger partial charge on any atom is 0.294 e. The number of aliphatic hydroxyl groups excluding tert-OH is 1. The van der Waals surface area contributed by atoms with Crippen LogP contribution in [0.1, 0.15) is 25.1 Å². The number of halogens is 1. The topological polar surface area (TPSA) is 70.5 Å². The standard InChI is InChI=1S/C18H15ClN2O3/c1-2-14(22)15-16(13-8-3-4-9-20-13)21(18(24)17(15)23)12-7-5-6-11(19)10-12/h3-10,16,23H,2H2,1H3. The van der Waals surface area contributed by atoms with Gasteiger partial charge in [0.2, 0.25) is 0 Å². The van der Waals surface area contributed by atoms with E-state index in [1.165, 1.54) is 4.90 Å². The van der Waals surface area contributed by atoms with Crippen molar-refractivity contribution in [2.75, 3.05) is 4.90 Å². The van der Waals surface area contributed by atoms with Gasteiger partial charge >= 0.3 is 0 Å². The molecular weight excluding hydrogens is 328 g/mol. The minimum absolute atomic E-state index is 0.0705. The zero-order valence-electron chi connectivity index (χ0n) is 12.9. The summed E-state index contributed by atoms with van der Waals surface area (Å²) in [6.07, 6.45) is 1.76. The first-order valence-electron chi connectivity index (χ1n) is 7.51. The largest absolute Gasteiger partial charge is 0.503 e. The lowest BCUT2D eigenvalue weighted by molar-refractivity contribution is -0.118. The van der Waals surface area contributed by atoms with Crippen LogP contribution in [0.5, 0.6) is 0 Å². The van der Waals surface area contributed by atoms with Gasteiger partial charge in [0.25, 0.3) is 5.91 Å². The van der Waals surface area contributed by atoms with E-state index in [1.807, 2.05) is 0 Å². The van der Waals surface area contributed by atoms with Crippen molar-refractivity contribution in [3.63, 3.8) is 0 Å². The Bertz CT molecular complexity index is 833. The maximum atomic E-state index is 12.6. The van der Waals surface area contributed by atoms with Crippen molar-refractivity contribution < 1.29 is 14.7 Å². The van der Waals surface area contributed by atoms with E-state index in [2.05, 4.69) is 4.98 Å². The number of benzene rings is 1. The Hall–Kier alpha value is -2.66. The molecule has 0 bridgehead atoms. The number of aliphatic hydroxyl groups is 1. The molecule has 122 valence electrons. The molecule has 0 saturated carbocycles. The van der Waals surface area contributed by atoms with Gasteiger partial charge in [0.15, 0.2) is 11.5 Å². The van der Waals surface area contributed by atoms with Crippen LogP contribution in [-0.4, -0.2) is 21.8 Å². The Morgan fingerprint density at radius 1 is 1.29 bits per heavy atom. The summed E-state index contributed by atoms with van der Waals surface area (Å²) < 4.78 is 0. The van der Waals surface area contributed by atoms with E-state index < -0.39 is 17.7 Å². The van der Waals surface area contributed by atoms with Crippen LogP contribution in [0, 0.1) is 0 Å². The lowest BCUT2D eigenvalue weighted by atomic mass is 9.98. The van der Waals surface area contributed by atoms with Gasteiger partial charge in [-0.2, -0.15) is 0 Å². The first-order chi connectivity index (χ1) is 11.5. The second-order valence-corrected chi connectivity index (χ2v) is 5.79. The monoisotopic (exact) mass is 342 g/mol. The van der Waals surface area contributed by atoms with Crippen LogP contribution >= 0.6 is 11.6 Å². The zero-order valence-corrected chi connectivity index (χ0v) is 13.7. The number of aromatic nitrogens is 1. The first kappa shape index (κ1) is 16.2. The second-order valence-electron chi connectivity index (χ2n) is 5.35. The van der Waals surface area contributed by atoms with Gasteiger partial charge < -0.3 is 5.11 Å². The van der Waals surface area contributed by atoms with Crippen molar-refractivity contribution in [3.8, 4) is 0 Å². The van der Waals surface area contributed by atoms with Gasteiger partial charge in [0.1, 0.15) is 6.04 Å². The fourth-order valence-electron chi connectivity index (χ4n) is 2.79. The molecule has 1 aliphatic rings. The summed E-state index contributed by atoms with van der Waals surface area (Å²) >= 11 is 6.03. The molecule has 0 spiro atoms. The van der Waals surface area contributed by atoms with Crippen molar-refractivity contribution in [1.82, 2.24) is 4.98 Å². The minimum Gasteiger partial charge on any atom is -0.503 e. The van der Waals surface area contributed by atoms with Gasteiger partial charge in [-0.1, -0.05) is 30.7 Å². The van der Waals surface area contributed by atoms with Crippen molar-refractivity contribution in [2.45, 2.75) is 19.4 Å². The lowest BCUT2D eigenvalue weighted by Crippen LogP contribution is -2.31. The van der Waals surface area contributed by atoms with Gasteiger partial charge in [0.05, 0.1) is 11.3 Å². The second kappa shape index (κ2) is 6.45. The Kier molecular flexibility index (Phi) is 4.36. The number of carbonyl (C=O) groups excluding carboxylic acids is 2. The van der Waals surface area contributed by atoms with Crippen LogP contribution in [0.3, 0.4) is 0 Å². The third-order valence-electron chi connectivity index (χ3n) is 3.88. The Morgan fingerprint density at radius 2 is 2.08 bits per heavy atom. The average Bonchev–Trinajstić information content (AvgIpc) is 2.86. The number of carbonyl (C=O) groups is 2. The summed E-state index contributed by atoms with van der Waals surface area (Å²) in [5.74, 6) is -1.46. The van der Waals surface area contributed by atoms with Crippen molar-refractivity contribution in [3.05, 3.63) is 70.7 Å². The molecule has 1 N–H and O–H groups in total. The fraction of sp³-hybridized carbons (Fsp3) is 0.167. The molecule has 1 aromatic carbocycles. The Morgan fingerprint density at radius 3 is 2.71 bits per heavy atom. The molecule has 1 aromatic heterocycles. The van der Waals surface area contributed by atoms with Crippen LogP contribution < -0.4 is 4.90 Å². The summed E-state index contributed by atoms with van der Waals surface area (Å²) in [5, 5.41) is 10.8. The molecule has 3 rings (SSSR count). The third-order valence-corrected chi connectivity index (χ3v) is 4.12. The van der Waals surface area contributed by atoms with E-state index in [0.717, 1.165) is 0 Å². The van der Waals surface area contributed by atoms with Crippen LogP contribution in [0.2, 0.25) is 5.02 Å². The quantitative estimate of drug-likeness (QED) is 0.921. The number of hydrogen-bond donors (Lipinski definition) is 1. The lowest BCUT2D eigenvalue weighted by Gasteiger charge is -2.26. The Labute approximate surface area is 144 Å². The van der Waals surface area contributed by atoms with E-state index in [0.29, 0.717) is 16.4 Å². The highest BCUT2D eigenvalue weighted by Gasteiger charge is 2.44. The SMILES string of the molecule is CCC(=O)C1=C(O)C(=O)N(c2cccc(Cl)c2)C1c1ccccn1. The summed E-state index contributed by atoms with van der Waals surface area (Å²) in [6, 6.07) is 11.2. The van der Waals surface area contributed by atoms with Gasteiger partial charge in [-0.3, -0.25) is 19.5 Å². The molecule has 1 aliphatic heterocycles. The maximum absolute atomic E-state index is 12.6. The predicted octanol–water partition coefficient (Wildman–Crippen LogP) is 3.61. The first-order valence-corrected chi connectivity index (χ1v) is 7.88. The average molecular weight is 343 g/mol. The number of Topliss-reactive ketones (excluding diaryl/α,β-unsaturated/α-hetero) is 1. The highest BCUT2D eigenvalue weighted by molar-refractivity contribution is 6.31. The third kappa shape index (κ3) is 2.67. The fourth-order valence-corrected chi connectivity index (χ4v) is 2.97. The molecule has 24 heavy (non-hydrogen) atoms. The van der Waals surface area contributed by atoms with Crippen LogP contribution in [0.15, 0.2) is 60.0 Å². The number of pyridine rings is 1. The molecule has 0 saturated heterocycles. The van der Waals surface area contributed by atoms with Gasteiger partial charge in [-0.15, -0.1) is 0 Å². The molecule has 5 nitrogen and oxygen atoms in total. The predicted molar refractivity (Wildman–Crippen MR) is 90.9 cm³/mol. The molecule has 1 amide bonds. The van der Waals surface area contributed by atoms with Gasteiger partial charge in [-0.05, 0) is 30.3 Å². The molecule has 1 atom stereocenters. The Balaban J connectivity index is 2.18. The molecule has 2 heterocycles. The number of anilines is 1. The minimum atomic E-state index is -0.774. The smallest absolute Gasteiger partial charge is 0.294 e. The summed E-state index contributed by atoms with van der Waals surface area (Å²) in [7, 11) is 0. The van der Waals surface area contributed by atoms with Crippen LogP contribution in [-0.2, 0) is 9.59 Å². The highest BCUT2D eigenvalue weighted by atomic mass is 35.5. The molecule has 0 aliphatic carbocycles. The van der Waals surface area contributed by atoms with Crippen molar-refractivity contribution >= 4 is 29.0 Å². The number of nitrogens with zero attached hydrogens (tertiary/aromatic N) is 2. The molecule has 0 radical (unpaired) electrons. The molecule has 2 aromatic rings. The summed E-state index contributed by atoms with van der Waals surface area (Å²) in [5.41, 5.74) is 1.07. The normalized spacial score (nSPS) is 17.5. The number of ketones is 1. The van der Waals surface area contributed by atoms with E-state index in [1.54, 1.807) is 55.6 Å². The van der Waals surface area contributed by atoms with Crippen LogP contribution in [0.25, 0.3) is 0 Å². The molecule has 0 fully saturated rings. The van der Waals surface area contributed by atoms with Crippen molar-refractivity contribution in [2.24, 2.45) is 0 Å². The number of hydrogen-bond acceptors (Lipinski definition) is 4. The summed E-state index contributed by atoms with van der Waals surface area (Å²) in [4.78, 5) is 30.6. The van der Waals surface area contributed by atoms with Gasteiger partial charge in [-0.25, -0.2) is 0 Å². The van der Waals surface area contributed by atoms with E-state index in [-0.39, 0.29) is 17.8 Å². The number of amides is 1. The van der Waals surface area contributed by atoms with E-state index >= 15 is 0 Å². The van der Waals surface area contributed by atoms with E-state index in [4.69, 9.17) is 11.6 Å². The number of rotatable bonds is 4. The molecule has 1 unspecified atom stereocenters. The summed E-state index contributed by atoms with van der Waals surface area (Å²) in [6.45, 7) is 1.69. The molecule has 6 heteroatoms. The highest BCUT2D eigenvalue weighted by Crippen LogP contribution is 2.40. The molecular formula is C18H15ClN2O3. The van der Waals surface area contributed by atoms with Crippen LogP contribution in [0.4, 0.5) is 5.69 Å². The zero-order chi connectivity index (χ0) is 17.3. The van der Waals surface area contributed by atoms with Gasteiger partial charge in [0, 0.05) is 23.3 Å². The van der Waals surface area contributed by atoms with E-state index in [9.17, 15) is 14.7 Å². The van der Waals surface area contributed by atoms with Crippen molar-refractivity contribution in [1.29, 1.82) is 0 Å².